The second-order valence-corrected chi connectivity index (χ2v) is 5.85. The van der Waals surface area contributed by atoms with Crippen molar-refractivity contribution >= 4 is 16.9 Å². The molecule has 2 unspecified atom stereocenters. The monoisotopic (exact) mass is 271 g/mol. The molecule has 2 aromatic heterocycles. The van der Waals surface area contributed by atoms with E-state index in [4.69, 9.17) is 4.42 Å². The van der Waals surface area contributed by atoms with Gasteiger partial charge in [0, 0.05) is 36.8 Å². The van der Waals surface area contributed by atoms with E-state index in [0.29, 0.717) is 11.3 Å². The Labute approximate surface area is 117 Å². The Bertz CT molecular complexity index is 639. The van der Waals surface area contributed by atoms with Crippen molar-refractivity contribution < 1.29 is 9.21 Å². The Morgan fingerprint density at radius 1 is 1.45 bits per heavy atom. The molecular weight excluding hydrogens is 254 g/mol. The summed E-state index contributed by atoms with van der Waals surface area (Å²) in [6.45, 7) is 3.34. The number of carbonyl (C=O) groups is 1. The second-order valence-electron chi connectivity index (χ2n) is 5.85. The van der Waals surface area contributed by atoms with Gasteiger partial charge in [-0.15, -0.1) is 0 Å². The summed E-state index contributed by atoms with van der Waals surface area (Å²) in [4.78, 5) is 18.9. The molecule has 0 aliphatic carbocycles. The lowest BCUT2D eigenvalue weighted by atomic mass is 9.97. The van der Waals surface area contributed by atoms with E-state index < -0.39 is 0 Å². The third-order valence-corrected chi connectivity index (χ3v) is 4.37. The van der Waals surface area contributed by atoms with Gasteiger partial charge in [-0.1, -0.05) is 0 Å². The number of nitrogens with one attached hydrogen (secondary N) is 1. The highest BCUT2D eigenvalue weighted by molar-refractivity contribution is 5.95. The first kappa shape index (κ1) is 11.9. The fraction of sp³-hybridized carbons (Fsp3) is 0.467. The molecule has 2 aliphatic rings. The summed E-state index contributed by atoms with van der Waals surface area (Å²) >= 11 is 0. The maximum atomic E-state index is 12.3. The van der Waals surface area contributed by atoms with Crippen LogP contribution in [-0.2, 0) is 0 Å². The molecule has 2 bridgehead atoms. The van der Waals surface area contributed by atoms with E-state index >= 15 is 0 Å². The van der Waals surface area contributed by atoms with Crippen LogP contribution in [-0.4, -0.2) is 41.5 Å². The van der Waals surface area contributed by atoms with Gasteiger partial charge in [0.15, 0.2) is 0 Å². The summed E-state index contributed by atoms with van der Waals surface area (Å²) in [5.41, 5.74) is 1.14. The van der Waals surface area contributed by atoms with E-state index in [1.807, 2.05) is 6.07 Å². The zero-order valence-electron chi connectivity index (χ0n) is 11.2. The number of pyridine rings is 1. The van der Waals surface area contributed by atoms with E-state index in [2.05, 4.69) is 15.2 Å². The number of hydrogen-bond donors (Lipinski definition) is 1. The number of aromatic nitrogens is 1. The lowest BCUT2D eigenvalue weighted by Crippen LogP contribution is -2.47. The number of amides is 1. The Balaban J connectivity index is 1.49. The minimum Gasteiger partial charge on any atom is -0.464 e. The molecule has 1 amide bonds. The van der Waals surface area contributed by atoms with Gasteiger partial charge in [-0.2, -0.15) is 0 Å². The van der Waals surface area contributed by atoms with Crippen molar-refractivity contribution in [2.75, 3.05) is 19.6 Å². The molecule has 104 valence electrons. The lowest BCUT2D eigenvalue weighted by molar-refractivity contribution is 0.0904. The lowest BCUT2D eigenvalue weighted by Gasteiger charge is -2.30. The topological polar surface area (TPSA) is 58.4 Å². The molecule has 0 radical (unpaired) electrons. The zero-order valence-corrected chi connectivity index (χ0v) is 11.2. The van der Waals surface area contributed by atoms with Gasteiger partial charge < -0.3 is 14.6 Å². The predicted octanol–water partition coefficient (Wildman–Crippen LogP) is 1.65. The third kappa shape index (κ3) is 2.08. The summed E-state index contributed by atoms with van der Waals surface area (Å²) in [5.74, 6) is 0.644. The molecule has 2 fully saturated rings. The SMILES string of the molecule is O=C(N[C@@H]1CC2CCN(C2)C1)c1cc2occc2cn1. The Hall–Kier alpha value is -1.88. The molecule has 4 heterocycles. The van der Waals surface area contributed by atoms with Crippen LogP contribution in [0.1, 0.15) is 23.3 Å². The highest BCUT2D eigenvalue weighted by Gasteiger charge is 2.33. The van der Waals surface area contributed by atoms with Gasteiger partial charge in [-0.25, -0.2) is 0 Å². The van der Waals surface area contributed by atoms with Crippen molar-refractivity contribution in [1.29, 1.82) is 0 Å². The Morgan fingerprint density at radius 2 is 2.40 bits per heavy atom. The van der Waals surface area contributed by atoms with Gasteiger partial charge >= 0.3 is 0 Å². The Morgan fingerprint density at radius 3 is 3.30 bits per heavy atom. The molecule has 0 spiro atoms. The van der Waals surface area contributed by atoms with Crippen molar-refractivity contribution in [2.45, 2.75) is 18.9 Å². The molecule has 5 nitrogen and oxygen atoms in total. The average molecular weight is 271 g/mol. The standard InChI is InChI=1S/C15H17N3O2/c19-15(13-6-14-11(7-16-13)2-4-20-14)17-12-5-10-1-3-18(8-10)9-12/h2,4,6-7,10,12H,1,3,5,8-9H2,(H,17,19)/t10?,12-/m1/s1. The molecule has 5 heteroatoms. The maximum absolute atomic E-state index is 12.3. The van der Waals surface area contributed by atoms with Gasteiger partial charge in [0.05, 0.1) is 6.26 Å². The molecule has 0 saturated carbocycles. The summed E-state index contributed by atoms with van der Waals surface area (Å²) < 4.78 is 5.31. The quantitative estimate of drug-likeness (QED) is 0.902. The van der Waals surface area contributed by atoms with Crippen molar-refractivity contribution in [2.24, 2.45) is 5.92 Å². The Kier molecular flexibility index (Phi) is 2.73. The predicted molar refractivity (Wildman–Crippen MR) is 74.4 cm³/mol. The fourth-order valence-electron chi connectivity index (χ4n) is 3.40. The van der Waals surface area contributed by atoms with Crippen LogP contribution in [0.4, 0.5) is 0 Å². The second kappa shape index (κ2) is 4.59. The van der Waals surface area contributed by atoms with Crippen LogP contribution in [0, 0.1) is 5.92 Å². The van der Waals surface area contributed by atoms with Crippen molar-refractivity contribution in [1.82, 2.24) is 15.2 Å². The number of furan rings is 1. The van der Waals surface area contributed by atoms with Crippen LogP contribution >= 0.6 is 0 Å². The molecule has 2 aromatic rings. The van der Waals surface area contributed by atoms with E-state index in [-0.39, 0.29) is 11.9 Å². The van der Waals surface area contributed by atoms with Gasteiger partial charge in [-0.3, -0.25) is 9.78 Å². The zero-order chi connectivity index (χ0) is 13.5. The molecule has 0 aromatic carbocycles. The number of piperidine rings is 1. The van der Waals surface area contributed by atoms with Gasteiger partial charge in [0.1, 0.15) is 11.3 Å². The first-order chi connectivity index (χ1) is 9.78. The van der Waals surface area contributed by atoms with Crippen LogP contribution in [0.25, 0.3) is 11.0 Å². The summed E-state index contributed by atoms with van der Waals surface area (Å²) in [7, 11) is 0. The van der Waals surface area contributed by atoms with Crippen LogP contribution in [0.5, 0.6) is 0 Å². The fourth-order valence-corrected chi connectivity index (χ4v) is 3.40. The van der Waals surface area contributed by atoms with Gasteiger partial charge in [0.25, 0.3) is 5.91 Å². The third-order valence-electron chi connectivity index (χ3n) is 4.37. The first-order valence-corrected chi connectivity index (χ1v) is 7.14. The molecule has 4 rings (SSSR count). The molecule has 2 aliphatic heterocycles. The van der Waals surface area contributed by atoms with Gasteiger partial charge in [-0.05, 0) is 31.4 Å². The van der Waals surface area contributed by atoms with Crippen molar-refractivity contribution in [3.63, 3.8) is 0 Å². The highest BCUT2D eigenvalue weighted by Crippen LogP contribution is 2.26. The van der Waals surface area contributed by atoms with Gasteiger partial charge in [0.2, 0.25) is 0 Å². The average Bonchev–Trinajstić information content (AvgIpc) is 3.04. The van der Waals surface area contributed by atoms with Crippen LogP contribution < -0.4 is 5.32 Å². The van der Waals surface area contributed by atoms with E-state index in [0.717, 1.165) is 24.3 Å². The minimum absolute atomic E-state index is 0.101. The normalized spacial score (nSPS) is 28.7. The van der Waals surface area contributed by atoms with Crippen LogP contribution in [0.3, 0.4) is 0 Å². The van der Waals surface area contributed by atoms with Crippen molar-refractivity contribution in [3.8, 4) is 0 Å². The van der Waals surface area contributed by atoms with Crippen LogP contribution in [0.15, 0.2) is 29.0 Å². The minimum atomic E-state index is -0.101. The van der Waals surface area contributed by atoms with E-state index in [1.165, 1.54) is 19.5 Å². The van der Waals surface area contributed by atoms with Crippen LogP contribution in [0.2, 0.25) is 0 Å². The summed E-state index contributed by atoms with van der Waals surface area (Å²) in [6.07, 6.45) is 5.65. The summed E-state index contributed by atoms with van der Waals surface area (Å²) in [6, 6.07) is 3.80. The number of hydrogen-bond acceptors (Lipinski definition) is 4. The highest BCUT2D eigenvalue weighted by atomic mass is 16.3. The maximum Gasteiger partial charge on any atom is 0.270 e. The van der Waals surface area contributed by atoms with E-state index in [1.54, 1.807) is 18.5 Å². The molecule has 3 atom stereocenters. The number of fused-ring (bicyclic) bond motifs is 3. The molecule has 20 heavy (non-hydrogen) atoms. The largest absolute Gasteiger partial charge is 0.464 e. The molecular formula is C15H17N3O2. The van der Waals surface area contributed by atoms with Crippen molar-refractivity contribution in [3.05, 3.63) is 30.3 Å². The summed E-state index contributed by atoms with van der Waals surface area (Å²) in [5, 5.41) is 4.03. The molecule has 1 N–H and O–H groups in total. The molecule has 2 saturated heterocycles. The smallest absolute Gasteiger partial charge is 0.270 e. The number of rotatable bonds is 2. The van der Waals surface area contributed by atoms with E-state index in [9.17, 15) is 4.79 Å². The number of nitrogens with zero attached hydrogens (tertiary/aromatic N) is 2. The first-order valence-electron chi connectivity index (χ1n) is 7.14. The number of carbonyl (C=O) groups excluding carboxylic acids is 1.